The van der Waals surface area contributed by atoms with Gasteiger partial charge in [-0.1, -0.05) is 15.9 Å². The fourth-order valence-electron chi connectivity index (χ4n) is 1.80. The lowest BCUT2D eigenvalue weighted by molar-refractivity contribution is -0.193. The number of hydrogen-bond donors (Lipinski definition) is 1. The summed E-state index contributed by atoms with van der Waals surface area (Å²) in [4.78, 5) is 26.3. The van der Waals surface area contributed by atoms with E-state index in [4.69, 9.17) is 4.74 Å². The highest BCUT2D eigenvalue weighted by molar-refractivity contribution is 9.10. The molecule has 0 unspecified atom stereocenters. The van der Waals surface area contributed by atoms with Crippen molar-refractivity contribution in [2.24, 2.45) is 0 Å². The molecule has 1 N–H and O–H groups in total. The van der Waals surface area contributed by atoms with E-state index in [0.29, 0.717) is 11.0 Å². The number of alkyl halides is 3. The van der Waals surface area contributed by atoms with Gasteiger partial charge in [-0.15, -0.1) is 0 Å². The third kappa shape index (κ3) is 6.03. The molecule has 2 rings (SSSR count). The minimum Gasteiger partial charge on any atom is -0.492 e. The first-order valence-electron chi connectivity index (χ1n) is 7.16. The van der Waals surface area contributed by atoms with Crippen LogP contribution in [0.5, 0.6) is 5.75 Å². The molecule has 0 amide bonds. The number of benzene rings is 1. The first kappa shape index (κ1) is 19.7. The van der Waals surface area contributed by atoms with Crippen LogP contribution in [0, 0.1) is 0 Å². The van der Waals surface area contributed by atoms with Crippen LogP contribution in [-0.4, -0.2) is 36.3 Å². The molecule has 0 aliphatic heterocycles. The average Bonchev–Trinajstić information content (AvgIpc) is 2.58. The van der Waals surface area contributed by atoms with Gasteiger partial charge in [0.15, 0.2) is 0 Å². The Morgan fingerprint density at radius 3 is 2.50 bits per heavy atom. The second kappa shape index (κ2) is 8.65. The van der Waals surface area contributed by atoms with E-state index in [1.807, 2.05) is 0 Å². The normalized spacial score (nSPS) is 10.9. The third-order valence-corrected chi connectivity index (χ3v) is 3.36. The molecule has 26 heavy (non-hydrogen) atoms. The van der Waals surface area contributed by atoms with Gasteiger partial charge in [-0.2, -0.15) is 13.2 Å². The van der Waals surface area contributed by atoms with E-state index < -0.39 is 18.1 Å². The molecule has 0 fully saturated rings. The number of ether oxygens (including phenoxy) is 2. The van der Waals surface area contributed by atoms with Crippen LogP contribution in [0.3, 0.4) is 0 Å². The zero-order valence-corrected chi connectivity index (χ0v) is 14.6. The van der Waals surface area contributed by atoms with Crippen LogP contribution in [0.1, 0.15) is 10.4 Å². The maximum atomic E-state index is 12.2. The molecule has 1 heterocycles. The molecule has 138 valence electrons. The largest absolute Gasteiger partial charge is 0.492 e. The van der Waals surface area contributed by atoms with E-state index in [-0.39, 0.29) is 17.9 Å². The summed E-state index contributed by atoms with van der Waals surface area (Å²) in [6, 6.07) is 7.46. The third-order valence-electron chi connectivity index (χ3n) is 2.90. The maximum Gasteiger partial charge on any atom is 0.491 e. The molecular formula is C16H12BrF3N2O4. The highest BCUT2D eigenvalue weighted by atomic mass is 79.9. The van der Waals surface area contributed by atoms with Crippen LogP contribution in [0.4, 0.5) is 18.9 Å². The van der Waals surface area contributed by atoms with Crippen LogP contribution in [0.15, 0.2) is 47.2 Å². The Balaban J connectivity index is 1.94. The number of hydrogen-bond acceptors (Lipinski definition) is 6. The molecule has 0 aliphatic carbocycles. The van der Waals surface area contributed by atoms with Crippen molar-refractivity contribution in [3.05, 3.63) is 52.8 Å². The highest BCUT2D eigenvalue weighted by Gasteiger charge is 2.42. The van der Waals surface area contributed by atoms with Crippen molar-refractivity contribution in [3.63, 3.8) is 0 Å². The predicted octanol–water partition coefficient (Wildman–Crippen LogP) is 3.58. The first-order chi connectivity index (χ1) is 12.3. The SMILES string of the molecule is O=C(OC(=O)C(F)(F)F)c1cc(Br)cc(OCCNc2ccncc2)c1. The van der Waals surface area contributed by atoms with Gasteiger partial charge in [-0.25, -0.2) is 9.59 Å². The summed E-state index contributed by atoms with van der Waals surface area (Å²) in [7, 11) is 0. The lowest BCUT2D eigenvalue weighted by atomic mass is 10.2. The van der Waals surface area contributed by atoms with Crippen molar-refractivity contribution in [3.8, 4) is 5.75 Å². The van der Waals surface area contributed by atoms with Crippen LogP contribution in [0.25, 0.3) is 0 Å². The van der Waals surface area contributed by atoms with Crippen LogP contribution >= 0.6 is 15.9 Å². The van der Waals surface area contributed by atoms with Gasteiger partial charge in [-0.3, -0.25) is 4.98 Å². The van der Waals surface area contributed by atoms with Crippen LogP contribution < -0.4 is 10.1 Å². The Morgan fingerprint density at radius 2 is 1.85 bits per heavy atom. The van der Waals surface area contributed by atoms with Crippen molar-refractivity contribution in [2.45, 2.75) is 6.18 Å². The number of nitrogens with one attached hydrogen (secondary N) is 1. The second-order valence-corrected chi connectivity index (χ2v) is 5.78. The molecule has 1 aromatic heterocycles. The van der Waals surface area contributed by atoms with E-state index in [0.717, 1.165) is 5.69 Å². The number of anilines is 1. The standard InChI is InChI=1S/C16H12BrF3N2O4/c17-11-7-10(14(23)26-15(24)16(18,19)20)8-13(9-11)25-6-5-22-12-1-3-21-4-2-12/h1-4,7-9H,5-6H2,(H,21,22). The lowest BCUT2D eigenvalue weighted by Crippen LogP contribution is -2.28. The number of carbonyl (C=O) groups excluding carboxylic acids is 2. The summed E-state index contributed by atoms with van der Waals surface area (Å²) in [6.45, 7) is 0.650. The number of halogens is 4. The minimum absolute atomic E-state index is 0.217. The summed E-state index contributed by atoms with van der Waals surface area (Å²) in [5.74, 6) is -3.78. The molecule has 2 aromatic rings. The molecule has 0 spiro atoms. The Morgan fingerprint density at radius 1 is 1.15 bits per heavy atom. The van der Waals surface area contributed by atoms with E-state index in [1.165, 1.54) is 18.2 Å². The van der Waals surface area contributed by atoms with E-state index >= 15 is 0 Å². The second-order valence-electron chi connectivity index (χ2n) is 4.86. The quantitative estimate of drug-likeness (QED) is 0.427. The monoisotopic (exact) mass is 432 g/mol. The molecule has 0 aliphatic rings. The zero-order valence-electron chi connectivity index (χ0n) is 13.0. The van der Waals surface area contributed by atoms with Gasteiger partial charge in [0.25, 0.3) is 0 Å². The van der Waals surface area contributed by atoms with Gasteiger partial charge in [0.2, 0.25) is 0 Å². The Bertz CT molecular complexity index is 785. The van der Waals surface area contributed by atoms with Crippen molar-refractivity contribution in [2.75, 3.05) is 18.5 Å². The maximum absolute atomic E-state index is 12.2. The van der Waals surface area contributed by atoms with Gasteiger partial charge in [0, 0.05) is 29.1 Å². The summed E-state index contributed by atoms with van der Waals surface area (Å²) in [5.41, 5.74) is 0.585. The first-order valence-corrected chi connectivity index (χ1v) is 7.95. The molecular weight excluding hydrogens is 421 g/mol. The van der Waals surface area contributed by atoms with Gasteiger partial charge in [-0.05, 0) is 30.3 Å². The predicted molar refractivity (Wildman–Crippen MR) is 88.8 cm³/mol. The molecule has 0 bridgehead atoms. The zero-order chi connectivity index (χ0) is 19.2. The van der Waals surface area contributed by atoms with E-state index in [1.54, 1.807) is 24.5 Å². The van der Waals surface area contributed by atoms with Crippen molar-refractivity contribution >= 4 is 33.6 Å². The van der Waals surface area contributed by atoms with Gasteiger partial charge < -0.3 is 14.8 Å². The number of esters is 2. The average molecular weight is 433 g/mol. The molecule has 1 aromatic carbocycles. The number of rotatable bonds is 6. The molecule has 0 saturated carbocycles. The Kier molecular flexibility index (Phi) is 6.56. The highest BCUT2D eigenvalue weighted by Crippen LogP contribution is 2.23. The number of aromatic nitrogens is 1. The summed E-state index contributed by atoms with van der Waals surface area (Å²) in [5, 5.41) is 3.07. The van der Waals surface area contributed by atoms with Crippen molar-refractivity contribution in [1.82, 2.24) is 4.98 Å². The van der Waals surface area contributed by atoms with Crippen molar-refractivity contribution in [1.29, 1.82) is 0 Å². The smallest absolute Gasteiger partial charge is 0.491 e. The van der Waals surface area contributed by atoms with Crippen molar-refractivity contribution < 1.29 is 32.2 Å². The Hall–Kier alpha value is -2.62. The van der Waals surface area contributed by atoms with Crippen LogP contribution in [-0.2, 0) is 9.53 Å². The number of pyridine rings is 1. The van der Waals surface area contributed by atoms with Gasteiger partial charge in [0.1, 0.15) is 12.4 Å². The molecule has 0 atom stereocenters. The van der Waals surface area contributed by atoms with E-state index in [2.05, 4.69) is 31.0 Å². The van der Waals surface area contributed by atoms with E-state index in [9.17, 15) is 22.8 Å². The molecule has 10 heteroatoms. The fourth-order valence-corrected chi connectivity index (χ4v) is 2.27. The lowest BCUT2D eigenvalue weighted by Gasteiger charge is -2.10. The number of carbonyl (C=O) groups is 2. The molecule has 6 nitrogen and oxygen atoms in total. The fraction of sp³-hybridized carbons (Fsp3) is 0.188. The molecule has 0 radical (unpaired) electrons. The van der Waals surface area contributed by atoms with Gasteiger partial charge in [0.05, 0.1) is 5.56 Å². The Labute approximate surface area is 154 Å². The number of nitrogens with zero attached hydrogens (tertiary/aromatic N) is 1. The van der Waals surface area contributed by atoms with Gasteiger partial charge >= 0.3 is 18.1 Å². The van der Waals surface area contributed by atoms with Crippen LogP contribution in [0.2, 0.25) is 0 Å². The summed E-state index contributed by atoms with van der Waals surface area (Å²) < 4.78 is 46.1. The molecule has 0 saturated heterocycles. The minimum atomic E-state index is -5.25. The summed E-state index contributed by atoms with van der Waals surface area (Å²) in [6.07, 6.45) is -2.01. The topological polar surface area (TPSA) is 77.5 Å². The summed E-state index contributed by atoms with van der Waals surface area (Å²) >= 11 is 3.12.